The first kappa shape index (κ1) is 19.0. The van der Waals surface area contributed by atoms with Crippen molar-refractivity contribution < 1.29 is 14.3 Å². The van der Waals surface area contributed by atoms with E-state index in [0.29, 0.717) is 36.9 Å². The molecule has 1 aromatic carbocycles. The average molecular weight is 425 g/mol. The lowest BCUT2D eigenvalue weighted by Gasteiger charge is -2.23. The quantitative estimate of drug-likeness (QED) is 0.671. The number of carbonyl (C=O) groups is 1. The highest BCUT2D eigenvalue weighted by Gasteiger charge is 2.24. The summed E-state index contributed by atoms with van der Waals surface area (Å²) in [4.78, 5) is 16.3. The van der Waals surface area contributed by atoms with Crippen LogP contribution in [0.25, 0.3) is 5.00 Å². The fraction of sp³-hybridized carbons (Fsp3) is 0.318. The minimum Gasteiger partial charge on any atom is -0.486 e. The molecule has 2 aliphatic heterocycles. The highest BCUT2D eigenvalue weighted by Crippen LogP contribution is 2.36. The van der Waals surface area contributed by atoms with Gasteiger partial charge in [-0.2, -0.15) is 0 Å². The summed E-state index contributed by atoms with van der Waals surface area (Å²) < 4.78 is 13.3. The van der Waals surface area contributed by atoms with Crippen molar-refractivity contribution >= 4 is 23.1 Å². The van der Waals surface area contributed by atoms with E-state index in [0.717, 1.165) is 19.5 Å². The van der Waals surface area contributed by atoms with Gasteiger partial charge in [-0.3, -0.25) is 0 Å². The van der Waals surface area contributed by atoms with Crippen LogP contribution in [0.2, 0.25) is 0 Å². The summed E-state index contributed by atoms with van der Waals surface area (Å²) in [6, 6.07) is 9.24. The molecule has 5 rings (SSSR count). The molecular weight excluding hydrogens is 400 g/mol. The molecule has 30 heavy (non-hydrogen) atoms. The molecule has 8 heteroatoms. The van der Waals surface area contributed by atoms with Gasteiger partial charge in [-0.25, -0.2) is 4.79 Å². The summed E-state index contributed by atoms with van der Waals surface area (Å²) in [7, 11) is 2.15. The lowest BCUT2D eigenvalue weighted by Crippen LogP contribution is -2.30. The number of nitrogens with one attached hydrogen (secondary N) is 2. The number of hydrogen-bond acceptors (Lipinski definition) is 5. The number of thiophene rings is 1. The Morgan fingerprint density at radius 2 is 1.97 bits per heavy atom. The number of benzene rings is 1. The monoisotopic (exact) mass is 424 g/mol. The van der Waals surface area contributed by atoms with Gasteiger partial charge >= 0.3 is 6.03 Å². The van der Waals surface area contributed by atoms with Gasteiger partial charge in [0.05, 0.1) is 0 Å². The summed E-state index contributed by atoms with van der Waals surface area (Å²) in [5, 5.41) is 7.11. The zero-order valence-corrected chi connectivity index (χ0v) is 17.6. The van der Waals surface area contributed by atoms with Gasteiger partial charge in [0.1, 0.15) is 18.2 Å². The number of fused-ring (bicyclic) bond motifs is 2. The molecule has 3 aromatic rings. The van der Waals surface area contributed by atoms with Crippen molar-refractivity contribution in [2.45, 2.75) is 19.5 Å². The Hall–Kier alpha value is -2.97. The molecule has 156 valence electrons. The molecule has 0 atom stereocenters. The molecule has 0 unspecified atom stereocenters. The van der Waals surface area contributed by atoms with Gasteiger partial charge in [0, 0.05) is 54.2 Å². The van der Waals surface area contributed by atoms with Crippen LogP contribution in [-0.2, 0) is 19.5 Å². The standard InChI is InChI=1S/C22H24N4O3S/c1-25-9-6-16-17(21(30-20(16)14-25)26-7-2-3-8-26)13-23-22(27)24-15-4-5-18-19(12-15)29-11-10-28-18/h2-5,7-8,12H,6,9-11,13-14H2,1H3,(H2,23,24,27). The van der Waals surface area contributed by atoms with Crippen LogP contribution in [0.4, 0.5) is 10.5 Å². The number of urea groups is 1. The second-order valence-corrected chi connectivity index (χ2v) is 8.62. The molecule has 0 aliphatic carbocycles. The van der Waals surface area contributed by atoms with Gasteiger partial charge in [0.15, 0.2) is 11.5 Å². The van der Waals surface area contributed by atoms with Crippen molar-refractivity contribution in [3.63, 3.8) is 0 Å². The van der Waals surface area contributed by atoms with Crippen molar-refractivity contribution in [3.05, 3.63) is 58.7 Å². The Bertz CT molecular complexity index is 1060. The zero-order valence-electron chi connectivity index (χ0n) is 16.8. The number of rotatable bonds is 4. The lowest BCUT2D eigenvalue weighted by atomic mass is 10.0. The molecule has 0 spiro atoms. The number of anilines is 1. The first-order valence-electron chi connectivity index (χ1n) is 10.1. The molecule has 7 nitrogen and oxygen atoms in total. The van der Waals surface area contributed by atoms with Crippen LogP contribution in [0.1, 0.15) is 16.0 Å². The summed E-state index contributed by atoms with van der Waals surface area (Å²) in [6.07, 6.45) is 5.11. The molecule has 0 saturated heterocycles. The maximum absolute atomic E-state index is 12.6. The van der Waals surface area contributed by atoms with Crippen LogP contribution in [-0.4, -0.2) is 42.3 Å². The maximum Gasteiger partial charge on any atom is 0.319 e. The van der Waals surface area contributed by atoms with Gasteiger partial charge in [0.25, 0.3) is 0 Å². The summed E-state index contributed by atoms with van der Waals surface area (Å²) in [5.41, 5.74) is 3.26. The molecule has 0 fully saturated rings. The predicted molar refractivity (Wildman–Crippen MR) is 117 cm³/mol. The topological polar surface area (TPSA) is 67.8 Å². The number of carbonyl (C=O) groups excluding carboxylic acids is 1. The van der Waals surface area contributed by atoms with Crippen molar-refractivity contribution in [1.29, 1.82) is 0 Å². The SMILES string of the molecule is CN1CCc2c(sc(-n3cccc3)c2CNC(=O)Nc2ccc3c(c2)OCCO3)C1. The minimum atomic E-state index is -0.238. The second-order valence-electron chi connectivity index (χ2n) is 7.53. The molecule has 4 heterocycles. The molecule has 2 aliphatic rings. The zero-order chi connectivity index (χ0) is 20.5. The van der Waals surface area contributed by atoms with Crippen molar-refractivity contribution in [2.75, 3.05) is 32.1 Å². The van der Waals surface area contributed by atoms with Crippen molar-refractivity contribution in [2.24, 2.45) is 0 Å². The van der Waals surface area contributed by atoms with Crippen molar-refractivity contribution in [1.82, 2.24) is 14.8 Å². The second kappa shape index (κ2) is 8.04. The van der Waals surface area contributed by atoms with Crippen LogP contribution in [0, 0.1) is 0 Å². The molecule has 0 bridgehead atoms. The van der Waals surface area contributed by atoms with E-state index in [1.54, 1.807) is 6.07 Å². The Morgan fingerprint density at radius 3 is 2.80 bits per heavy atom. The number of aromatic nitrogens is 1. The Morgan fingerprint density at radius 1 is 1.17 bits per heavy atom. The molecule has 2 aromatic heterocycles. The van der Waals surface area contributed by atoms with Crippen LogP contribution in [0.3, 0.4) is 0 Å². The molecule has 0 radical (unpaired) electrons. The highest BCUT2D eigenvalue weighted by atomic mass is 32.1. The van der Waals surface area contributed by atoms with E-state index in [1.807, 2.05) is 35.6 Å². The normalized spacial score (nSPS) is 15.5. The predicted octanol–water partition coefficient (Wildman–Crippen LogP) is 3.62. The first-order valence-corrected chi connectivity index (χ1v) is 10.9. The lowest BCUT2D eigenvalue weighted by molar-refractivity contribution is 0.171. The Balaban J connectivity index is 1.32. The van der Waals surface area contributed by atoms with Crippen molar-refractivity contribution in [3.8, 4) is 16.5 Å². The van der Waals surface area contributed by atoms with E-state index in [4.69, 9.17) is 9.47 Å². The molecular formula is C22H24N4O3S. The van der Waals surface area contributed by atoms with Crippen LogP contribution >= 0.6 is 11.3 Å². The molecule has 0 saturated carbocycles. The number of hydrogen-bond donors (Lipinski definition) is 2. The van der Waals surface area contributed by atoms with E-state index < -0.39 is 0 Å². The Labute approximate surface area is 179 Å². The van der Waals surface area contributed by atoms with Crippen LogP contribution in [0.15, 0.2) is 42.7 Å². The third-order valence-corrected chi connectivity index (χ3v) is 6.67. The highest BCUT2D eigenvalue weighted by molar-refractivity contribution is 7.14. The number of amides is 2. The smallest absolute Gasteiger partial charge is 0.319 e. The van der Waals surface area contributed by atoms with E-state index in [-0.39, 0.29) is 6.03 Å². The third kappa shape index (κ3) is 3.76. The van der Waals surface area contributed by atoms with E-state index in [1.165, 1.54) is 21.0 Å². The number of likely N-dealkylation sites (N-methyl/N-ethyl adjacent to an activating group) is 1. The first-order chi connectivity index (χ1) is 14.7. The summed E-state index contributed by atoms with van der Waals surface area (Å²) in [6.45, 7) is 3.54. The Kier molecular flexibility index (Phi) is 5.10. The van der Waals surface area contributed by atoms with E-state index in [9.17, 15) is 4.79 Å². The summed E-state index contributed by atoms with van der Waals surface area (Å²) >= 11 is 1.81. The van der Waals surface area contributed by atoms with Gasteiger partial charge < -0.3 is 29.6 Å². The fourth-order valence-corrected chi connectivity index (χ4v) is 5.32. The molecule has 2 N–H and O–H groups in total. The van der Waals surface area contributed by atoms with Gasteiger partial charge in [0.2, 0.25) is 0 Å². The summed E-state index contributed by atoms with van der Waals surface area (Å²) in [5.74, 6) is 1.36. The van der Waals surface area contributed by atoms with E-state index in [2.05, 4.69) is 39.5 Å². The molecule has 2 amide bonds. The van der Waals surface area contributed by atoms with Crippen LogP contribution < -0.4 is 20.1 Å². The van der Waals surface area contributed by atoms with Crippen LogP contribution in [0.5, 0.6) is 11.5 Å². The fourth-order valence-electron chi connectivity index (χ4n) is 3.91. The third-order valence-electron chi connectivity index (χ3n) is 5.40. The van der Waals surface area contributed by atoms with Gasteiger partial charge in [-0.1, -0.05) is 0 Å². The van der Waals surface area contributed by atoms with Gasteiger partial charge in [-0.05, 0) is 43.3 Å². The van der Waals surface area contributed by atoms with Gasteiger partial charge in [-0.15, -0.1) is 11.3 Å². The number of ether oxygens (including phenoxy) is 2. The van der Waals surface area contributed by atoms with E-state index >= 15 is 0 Å². The number of nitrogens with zero attached hydrogens (tertiary/aromatic N) is 2. The minimum absolute atomic E-state index is 0.238. The maximum atomic E-state index is 12.6. The average Bonchev–Trinajstić information content (AvgIpc) is 3.39. The largest absolute Gasteiger partial charge is 0.486 e.